The van der Waals surface area contributed by atoms with E-state index in [9.17, 15) is 9.59 Å². The summed E-state index contributed by atoms with van der Waals surface area (Å²) in [6.07, 6.45) is 1.32. The molecule has 2 rings (SSSR count). The number of rotatable bonds is 3. The molecule has 1 fully saturated rings. The van der Waals surface area contributed by atoms with Gasteiger partial charge in [0.1, 0.15) is 5.92 Å². The van der Waals surface area contributed by atoms with Gasteiger partial charge in [-0.1, -0.05) is 31.5 Å². The minimum Gasteiger partial charge on any atom is -0.302 e. The number of para-hydroxylation sites is 1. The second-order valence-electron chi connectivity index (χ2n) is 4.14. The number of amides is 2. The highest BCUT2D eigenvalue weighted by atomic mass is 32.1. The molecule has 1 N–H and O–H groups in total. The van der Waals surface area contributed by atoms with Gasteiger partial charge in [0, 0.05) is 0 Å². The number of benzene rings is 1. The van der Waals surface area contributed by atoms with Gasteiger partial charge in [-0.2, -0.15) is 0 Å². The van der Waals surface area contributed by atoms with E-state index < -0.39 is 5.92 Å². The van der Waals surface area contributed by atoms with E-state index in [-0.39, 0.29) is 16.9 Å². The zero-order chi connectivity index (χ0) is 13.1. The topological polar surface area (TPSA) is 49.4 Å². The number of hydrogen-bond acceptors (Lipinski definition) is 3. The van der Waals surface area contributed by atoms with Crippen LogP contribution in [0.3, 0.4) is 0 Å². The van der Waals surface area contributed by atoms with Gasteiger partial charge >= 0.3 is 0 Å². The van der Waals surface area contributed by atoms with E-state index in [0.29, 0.717) is 12.1 Å². The summed E-state index contributed by atoms with van der Waals surface area (Å²) in [4.78, 5) is 25.4. The second-order valence-corrected chi connectivity index (χ2v) is 4.53. The van der Waals surface area contributed by atoms with Crippen molar-refractivity contribution in [2.24, 2.45) is 5.92 Å². The van der Waals surface area contributed by atoms with Crippen LogP contribution in [0.1, 0.15) is 19.8 Å². The first-order chi connectivity index (χ1) is 8.65. The molecule has 0 spiro atoms. The molecule has 0 bridgehead atoms. The molecule has 1 atom stereocenters. The lowest BCUT2D eigenvalue weighted by atomic mass is 9.99. The first-order valence-corrected chi connectivity index (χ1v) is 6.29. The molecule has 4 nitrogen and oxygen atoms in total. The van der Waals surface area contributed by atoms with Crippen LogP contribution in [0, 0.1) is 5.92 Å². The van der Waals surface area contributed by atoms with Crippen LogP contribution in [0.15, 0.2) is 30.3 Å². The van der Waals surface area contributed by atoms with Gasteiger partial charge in [-0.15, -0.1) is 0 Å². The van der Waals surface area contributed by atoms with E-state index in [1.807, 2.05) is 25.1 Å². The number of hydrogen-bond donors (Lipinski definition) is 1. The third kappa shape index (κ3) is 2.26. The third-order valence-corrected chi connectivity index (χ3v) is 3.14. The fourth-order valence-electron chi connectivity index (χ4n) is 1.98. The monoisotopic (exact) mass is 262 g/mol. The van der Waals surface area contributed by atoms with E-state index >= 15 is 0 Å². The molecule has 0 radical (unpaired) electrons. The van der Waals surface area contributed by atoms with Crippen molar-refractivity contribution in [3.8, 4) is 0 Å². The number of carbonyl (C=O) groups excluding carboxylic acids is 2. The van der Waals surface area contributed by atoms with Crippen molar-refractivity contribution in [1.82, 2.24) is 5.32 Å². The lowest BCUT2D eigenvalue weighted by Crippen LogP contribution is -2.58. The summed E-state index contributed by atoms with van der Waals surface area (Å²) >= 11 is 5.07. The van der Waals surface area contributed by atoms with E-state index in [4.69, 9.17) is 12.2 Å². The van der Waals surface area contributed by atoms with Crippen LogP contribution in [-0.4, -0.2) is 16.9 Å². The first kappa shape index (κ1) is 12.7. The molecule has 1 aliphatic rings. The summed E-state index contributed by atoms with van der Waals surface area (Å²) in [6, 6.07) is 9.12. The molecule has 2 amide bonds. The molecule has 1 aromatic carbocycles. The van der Waals surface area contributed by atoms with Gasteiger partial charge in [0.25, 0.3) is 0 Å². The maximum atomic E-state index is 12.3. The predicted molar refractivity (Wildman–Crippen MR) is 73.1 cm³/mol. The van der Waals surface area contributed by atoms with Crippen LogP contribution in [-0.2, 0) is 9.59 Å². The fraction of sp³-hybridized carbons (Fsp3) is 0.308. The second kappa shape index (κ2) is 5.27. The Hall–Kier alpha value is -1.75. The normalized spacial score (nSPS) is 19.9. The number of carbonyl (C=O) groups is 2. The van der Waals surface area contributed by atoms with Gasteiger partial charge < -0.3 is 5.32 Å². The molecule has 18 heavy (non-hydrogen) atoms. The zero-order valence-corrected chi connectivity index (χ0v) is 10.9. The van der Waals surface area contributed by atoms with Crippen molar-refractivity contribution in [3.05, 3.63) is 30.3 Å². The average Bonchev–Trinajstić information content (AvgIpc) is 2.35. The Bertz CT molecular complexity index is 487. The molecule has 1 saturated heterocycles. The average molecular weight is 262 g/mol. The summed E-state index contributed by atoms with van der Waals surface area (Å²) in [5.74, 6) is -1.17. The van der Waals surface area contributed by atoms with Crippen LogP contribution in [0.25, 0.3) is 0 Å². The van der Waals surface area contributed by atoms with Crippen molar-refractivity contribution < 1.29 is 9.59 Å². The van der Waals surface area contributed by atoms with Crippen LogP contribution in [0.5, 0.6) is 0 Å². The van der Waals surface area contributed by atoms with E-state index in [0.717, 1.165) is 6.42 Å². The molecular formula is C13H14N2O2S. The van der Waals surface area contributed by atoms with Gasteiger partial charge in [-0.25, -0.2) is 0 Å². The smallest absolute Gasteiger partial charge is 0.245 e. The van der Waals surface area contributed by atoms with Crippen molar-refractivity contribution in [1.29, 1.82) is 0 Å². The Kier molecular flexibility index (Phi) is 3.72. The minimum atomic E-state index is -0.637. The Morgan fingerprint density at radius 3 is 2.56 bits per heavy atom. The van der Waals surface area contributed by atoms with Gasteiger partial charge in [0.15, 0.2) is 5.11 Å². The van der Waals surface area contributed by atoms with Crippen molar-refractivity contribution in [2.45, 2.75) is 19.8 Å². The lowest BCUT2D eigenvalue weighted by Gasteiger charge is -2.32. The largest absolute Gasteiger partial charge is 0.302 e. The predicted octanol–water partition coefficient (Wildman–Crippen LogP) is 1.85. The molecule has 94 valence electrons. The number of anilines is 1. The molecule has 0 aromatic heterocycles. The van der Waals surface area contributed by atoms with Crippen molar-refractivity contribution in [2.75, 3.05) is 4.90 Å². The molecule has 1 heterocycles. The molecular weight excluding hydrogens is 248 g/mol. The van der Waals surface area contributed by atoms with Crippen LogP contribution in [0.2, 0.25) is 0 Å². The Balaban J connectivity index is 2.32. The standard InChI is InChI=1S/C13H14N2O2S/c1-2-6-10-11(16)14-13(18)15(12(10)17)9-7-4-3-5-8-9/h3-5,7-8,10H,2,6H2,1H3,(H,14,16,18). The van der Waals surface area contributed by atoms with Gasteiger partial charge in [0.05, 0.1) is 5.69 Å². The number of nitrogens with zero attached hydrogens (tertiary/aromatic N) is 1. The van der Waals surface area contributed by atoms with Crippen LogP contribution < -0.4 is 10.2 Å². The quantitative estimate of drug-likeness (QED) is 0.668. The van der Waals surface area contributed by atoms with E-state index in [1.165, 1.54) is 4.90 Å². The minimum absolute atomic E-state index is 0.156. The highest BCUT2D eigenvalue weighted by Crippen LogP contribution is 2.22. The summed E-state index contributed by atoms with van der Waals surface area (Å²) in [5.41, 5.74) is 0.689. The van der Waals surface area contributed by atoms with Crippen molar-refractivity contribution >= 4 is 34.8 Å². The summed E-state index contributed by atoms with van der Waals surface area (Å²) in [6.45, 7) is 1.94. The Morgan fingerprint density at radius 1 is 1.28 bits per heavy atom. The fourth-order valence-corrected chi connectivity index (χ4v) is 2.28. The Labute approximate surface area is 111 Å². The maximum absolute atomic E-state index is 12.3. The van der Waals surface area contributed by atoms with E-state index in [1.54, 1.807) is 12.1 Å². The lowest BCUT2D eigenvalue weighted by molar-refractivity contribution is -0.133. The molecule has 1 unspecified atom stereocenters. The highest BCUT2D eigenvalue weighted by Gasteiger charge is 2.38. The Morgan fingerprint density at radius 2 is 1.94 bits per heavy atom. The number of nitrogens with one attached hydrogen (secondary N) is 1. The molecule has 1 aliphatic heterocycles. The number of thiocarbonyl (C=S) groups is 1. The molecule has 0 aliphatic carbocycles. The third-order valence-electron chi connectivity index (χ3n) is 2.86. The molecule has 0 saturated carbocycles. The van der Waals surface area contributed by atoms with Gasteiger partial charge in [0.2, 0.25) is 11.8 Å². The summed E-state index contributed by atoms with van der Waals surface area (Å²) < 4.78 is 0. The zero-order valence-electron chi connectivity index (χ0n) is 10.1. The van der Waals surface area contributed by atoms with Crippen molar-refractivity contribution in [3.63, 3.8) is 0 Å². The van der Waals surface area contributed by atoms with Crippen LogP contribution in [0.4, 0.5) is 5.69 Å². The van der Waals surface area contributed by atoms with Gasteiger partial charge in [-0.3, -0.25) is 14.5 Å². The van der Waals surface area contributed by atoms with E-state index in [2.05, 4.69) is 5.32 Å². The first-order valence-electron chi connectivity index (χ1n) is 5.89. The van der Waals surface area contributed by atoms with Gasteiger partial charge in [-0.05, 0) is 30.8 Å². The SMILES string of the molecule is CCCC1C(=O)NC(=S)N(c2ccccc2)C1=O. The molecule has 1 aromatic rings. The van der Waals surface area contributed by atoms with Crippen LogP contribution >= 0.6 is 12.2 Å². The maximum Gasteiger partial charge on any atom is 0.245 e. The molecule has 5 heteroatoms. The summed E-state index contributed by atoms with van der Waals surface area (Å²) in [5, 5.41) is 2.75. The highest BCUT2D eigenvalue weighted by molar-refractivity contribution is 7.80. The summed E-state index contributed by atoms with van der Waals surface area (Å²) in [7, 11) is 0.